The molecule has 0 N–H and O–H groups in total. The number of benzene rings is 2. The number of alkyl halides is 3. The third kappa shape index (κ3) is 6.80. The van der Waals surface area contributed by atoms with Crippen molar-refractivity contribution in [2.24, 2.45) is 5.92 Å². The zero-order valence-corrected chi connectivity index (χ0v) is 14.7. The van der Waals surface area contributed by atoms with Gasteiger partial charge in [-0.15, -0.1) is 0 Å². The zero-order valence-electron chi connectivity index (χ0n) is 14.7. The molecule has 0 saturated heterocycles. The molecule has 0 amide bonds. The van der Waals surface area contributed by atoms with Gasteiger partial charge in [-0.05, 0) is 11.1 Å². The average Bonchev–Trinajstić information content (AvgIpc) is 2.63. The van der Waals surface area contributed by atoms with Crippen molar-refractivity contribution < 1.29 is 27.4 Å². The Kier molecular flexibility index (Phi) is 7.44. The molecule has 3 nitrogen and oxygen atoms in total. The Balaban J connectivity index is 2.12. The van der Waals surface area contributed by atoms with Gasteiger partial charge in [0.15, 0.2) is 5.92 Å². The fraction of sp³-hybridized carbons (Fsp3) is 0.286. The summed E-state index contributed by atoms with van der Waals surface area (Å²) in [6.45, 7) is 1.15. The second kappa shape index (κ2) is 9.79. The highest BCUT2D eigenvalue weighted by atomic mass is 19.4. The predicted molar refractivity (Wildman–Crippen MR) is 94.4 cm³/mol. The highest BCUT2D eigenvalue weighted by Gasteiger charge is 2.46. The van der Waals surface area contributed by atoms with Crippen molar-refractivity contribution in [3.05, 3.63) is 71.8 Å². The Morgan fingerprint density at radius 1 is 1.04 bits per heavy atom. The van der Waals surface area contributed by atoms with Crippen LogP contribution in [0.2, 0.25) is 0 Å². The lowest BCUT2D eigenvalue weighted by atomic mass is 9.95. The summed E-state index contributed by atoms with van der Waals surface area (Å²) in [7, 11) is 0. The highest BCUT2D eigenvalue weighted by Crippen LogP contribution is 2.38. The highest BCUT2D eigenvalue weighted by molar-refractivity contribution is 5.66. The van der Waals surface area contributed by atoms with E-state index in [1.54, 1.807) is 18.2 Å². The van der Waals surface area contributed by atoms with Crippen LogP contribution in [0, 0.1) is 17.8 Å². The van der Waals surface area contributed by atoms with Crippen LogP contribution in [0.5, 0.6) is 0 Å². The molecule has 0 spiro atoms. The molecule has 27 heavy (non-hydrogen) atoms. The number of carbonyl (C=O) groups excluding carboxylic acids is 1. The van der Waals surface area contributed by atoms with Crippen LogP contribution < -0.4 is 0 Å². The van der Waals surface area contributed by atoms with E-state index in [2.05, 4.69) is 11.8 Å². The molecule has 2 aromatic rings. The summed E-state index contributed by atoms with van der Waals surface area (Å²) in [6, 6.07) is 17.0. The van der Waals surface area contributed by atoms with Crippen molar-refractivity contribution in [3.8, 4) is 11.8 Å². The molecule has 2 rings (SSSR count). The third-order valence-corrected chi connectivity index (χ3v) is 3.62. The molecule has 0 aliphatic heterocycles. The number of esters is 1. The quantitative estimate of drug-likeness (QED) is 0.417. The molecule has 0 unspecified atom stereocenters. The molecule has 0 radical (unpaired) electrons. The Morgan fingerprint density at radius 3 is 2.19 bits per heavy atom. The molecule has 0 fully saturated rings. The van der Waals surface area contributed by atoms with Crippen LogP contribution in [0.25, 0.3) is 0 Å². The Labute approximate surface area is 156 Å². The van der Waals surface area contributed by atoms with E-state index in [-0.39, 0.29) is 18.8 Å². The number of hydrogen-bond donors (Lipinski definition) is 0. The largest absolute Gasteiger partial charge is 0.456 e. The van der Waals surface area contributed by atoms with Gasteiger partial charge in [0.05, 0.1) is 6.61 Å². The minimum absolute atomic E-state index is 0.164. The van der Waals surface area contributed by atoms with E-state index in [0.29, 0.717) is 0 Å². The van der Waals surface area contributed by atoms with Crippen molar-refractivity contribution in [2.75, 3.05) is 6.61 Å². The number of rotatable bonds is 6. The minimum Gasteiger partial charge on any atom is -0.456 e. The summed E-state index contributed by atoms with van der Waals surface area (Å²) >= 11 is 0. The minimum atomic E-state index is -4.66. The maximum Gasteiger partial charge on any atom is 0.406 e. The zero-order chi connectivity index (χ0) is 19.7. The van der Waals surface area contributed by atoms with Crippen molar-refractivity contribution >= 4 is 5.97 Å². The summed E-state index contributed by atoms with van der Waals surface area (Å²) < 4.78 is 50.9. The second-order valence-electron chi connectivity index (χ2n) is 5.76. The summed E-state index contributed by atoms with van der Waals surface area (Å²) in [5, 5.41) is 0. The van der Waals surface area contributed by atoms with Crippen LogP contribution in [0.15, 0.2) is 60.7 Å². The summed E-state index contributed by atoms with van der Waals surface area (Å²) in [5.41, 5.74) is 1.13. The van der Waals surface area contributed by atoms with Gasteiger partial charge in [0.1, 0.15) is 12.7 Å². The molecule has 2 aromatic carbocycles. The van der Waals surface area contributed by atoms with Crippen LogP contribution in [0.1, 0.15) is 24.2 Å². The molecule has 0 heterocycles. The summed E-state index contributed by atoms with van der Waals surface area (Å²) in [4.78, 5) is 11.3. The lowest BCUT2D eigenvalue weighted by molar-refractivity contribution is -0.193. The van der Waals surface area contributed by atoms with Crippen molar-refractivity contribution in [2.45, 2.75) is 25.8 Å². The monoisotopic (exact) mass is 376 g/mol. The second-order valence-corrected chi connectivity index (χ2v) is 5.76. The van der Waals surface area contributed by atoms with Crippen molar-refractivity contribution in [1.29, 1.82) is 0 Å². The van der Waals surface area contributed by atoms with Crippen LogP contribution in [0.4, 0.5) is 13.2 Å². The Bertz CT molecular complexity index is 777. The average molecular weight is 376 g/mol. The first-order valence-electron chi connectivity index (χ1n) is 8.27. The molecule has 142 valence electrons. The maximum atomic E-state index is 13.5. The fourth-order valence-electron chi connectivity index (χ4n) is 2.42. The van der Waals surface area contributed by atoms with Gasteiger partial charge in [-0.1, -0.05) is 72.5 Å². The normalized spacial score (nSPS) is 13.2. The summed E-state index contributed by atoms with van der Waals surface area (Å²) in [5.74, 6) is 1.62. The van der Waals surface area contributed by atoms with Gasteiger partial charge in [-0.3, -0.25) is 4.79 Å². The van der Waals surface area contributed by atoms with Gasteiger partial charge in [-0.25, -0.2) is 0 Å². The van der Waals surface area contributed by atoms with E-state index in [1.165, 1.54) is 12.1 Å². The molecule has 0 saturated carbocycles. The smallest absolute Gasteiger partial charge is 0.406 e. The van der Waals surface area contributed by atoms with Gasteiger partial charge in [0.2, 0.25) is 0 Å². The Hall–Kier alpha value is -2.78. The number of hydrogen-bond acceptors (Lipinski definition) is 3. The number of halogens is 3. The maximum absolute atomic E-state index is 13.5. The molecular weight excluding hydrogens is 357 g/mol. The molecule has 0 aliphatic rings. The van der Waals surface area contributed by atoms with E-state index >= 15 is 0 Å². The molecule has 0 aliphatic carbocycles. The standard InChI is InChI=1S/C21H19F3O3/c1-16(25)27-20(18-11-6-3-7-12-18)19(21(22,23)24)13-8-14-26-15-17-9-4-2-5-10-17/h2-7,9-12,19-20H,14-15H2,1H3/t19-,20+/m1/s1. The van der Waals surface area contributed by atoms with E-state index in [4.69, 9.17) is 9.47 Å². The van der Waals surface area contributed by atoms with E-state index in [0.717, 1.165) is 12.5 Å². The number of ether oxygens (including phenoxy) is 2. The van der Waals surface area contributed by atoms with Gasteiger partial charge in [0, 0.05) is 6.92 Å². The van der Waals surface area contributed by atoms with E-state index < -0.39 is 24.2 Å². The van der Waals surface area contributed by atoms with E-state index in [1.807, 2.05) is 30.3 Å². The van der Waals surface area contributed by atoms with E-state index in [9.17, 15) is 18.0 Å². The van der Waals surface area contributed by atoms with Gasteiger partial charge in [0.25, 0.3) is 0 Å². The first-order chi connectivity index (χ1) is 12.9. The molecule has 6 heteroatoms. The topological polar surface area (TPSA) is 35.5 Å². The molecule has 0 bridgehead atoms. The predicted octanol–water partition coefficient (Wildman–Crippen LogP) is 4.69. The molecule has 2 atom stereocenters. The molecule has 0 aromatic heterocycles. The van der Waals surface area contributed by atoms with Crippen LogP contribution in [-0.4, -0.2) is 18.8 Å². The van der Waals surface area contributed by atoms with Crippen molar-refractivity contribution in [3.63, 3.8) is 0 Å². The van der Waals surface area contributed by atoms with Crippen LogP contribution in [-0.2, 0) is 20.9 Å². The lowest BCUT2D eigenvalue weighted by Gasteiger charge is -2.25. The molecular formula is C21H19F3O3. The SMILES string of the molecule is CC(=O)O[C@@H](c1ccccc1)[C@@H](C#CCOCc1ccccc1)C(F)(F)F. The van der Waals surface area contributed by atoms with Gasteiger partial charge in [-0.2, -0.15) is 13.2 Å². The Morgan fingerprint density at radius 2 is 1.63 bits per heavy atom. The lowest BCUT2D eigenvalue weighted by Crippen LogP contribution is -2.30. The fourth-order valence-corrected chi connectivity index (χ4v) is 2.42. The first kappa shape index (κ1) is 20.5. The van der Waals surface area contributed by atoms with Crippen LogP contribution >= 0.6 is 0 Å². The first-order valence-corrected chi connectivity index (χ1v) is 8.27. The van der Waals surface area contributed by atoms with Gasteiger partial charge < -0.3 is 9.47 Å². The van der Waals surface area contributed by atoms with Crippen molar-refractivity contribution in [1.82, 2.24) is 0 Å². The van der Waals surface area contributed by atoms with Crippen LogP contribution in [0.3, 0.4) is 0 Å². The van der Waals surface area contributed by atoms with Gasteiger partial charge >= 0.3 is 12.1 Å². The number of carbonyl (C=O) groups is 1. The summed E-state index contributed by atoms with van der Waals surface area (Å²) in [6.07, 6.45) is -6.20. The third-order valence-electron chi connectivity index (χ3n) is 3.62.